The highest BCUT2D eigenvalue weighted by Crippen LogP contribution is 2.37. The van der Waals surface area contributed by atoms with Crippen LogP contribution >= 0.6 is 0 Å². The van der Waals surface area contributed by atoms with Gasteiger partial charge in [-0.05, 0) is 83.4 Å². The van der Waals surface area contributed by atoms with E-state index in [1.54, 1.807) is 30.3 Å². The molecule has 0 aliphatic carbocycles. The maximum atomic E-state index is 13.5. The van der Waals surface area contributed by atoms with Crippen LogP contribution in [0.5, 0.6) is 0 Å². The Bertz CT molecular complexity index is 1430. The number of halogens is 3. The molecule has 0 unspecified atom stereocenters. The topological polar surface area (TPSA) is 32.7 Å². The molecule has 4 aromatic rings. The number of rotatable bonds is 6. The van der Waals surface area contributed by atoms with E-state index in [2.05, 4.69) is 0 Å². The molecule has 0 bridgehead atoms. The lowest BCUT2D eigenvalue weighted by molar-refractivity contribution is 0.104. The van der Waals surface area contributed by atoms with Crippen LogP contribution < -0.4 is 5.01 Å². The first-order valence-electron chi connectivity index (χ1n) is 11.4. The SMILES string of the molecule is O=C(/C=C/c1ccc(N2N=C(c3ccc(F)cc3)C[C@@H]2c2ccc(F)cc2)cc1)c1ccc(F)cc1. The standard InChI is InChI=1S/C30H21F3N2O/c31-24-10-4-21(5-11-24)28-19-29(22-6-12-25(32)13-7-22)35(34-28)27-16-1-20(2-17-27)3-18-30(36)23-8-14-26(33)15-9-23/h1-18,29H,19H2/b18-3+/t29-/m1/s1. The van der Waals surface area contributed by atoms with Crippen molar-refractivity contribution in [2.24, 2.45) is 5.10 Å². The van der Waals surface area contributed by atoms with E-state index >= 15 is 0 Å². The zero-order valence-electron chi connectivity index (χ0n) is 19.1. The average molecular weight is 483 g/mol. The molecule has 0 saturated heterocycles. The fraction of sp³-hybridized carbons (Fsp3) is 0.0667. The molecular formula is C30H21F3N2O. The highest BCUT2D eigenvalue weighted by Gasteiger charge is 2.30. The Kier molecular flexibility index (Phi) is 6.50. The Morgan fingerprint density at radius 3 is 1.92 bits per heavy atom. The van der Waals surface area contributed by atoms with Gasteiger partial charge in [0.15, 0.2) is 5.78 Å². The minimum absolute atomic E-state index is 0.160. The summed E-state index contributed by atoms with van der Waals surface area (Å²) in [5.41, 5.74) is 4.58. The van der Waals surface area contributed by atoms with Crippen molar-refractivity contribution >= 4 is 23.3 Å². The smallest absolute Gasteiger partial charge is 0.185 e. The van der Waals surface area contributed by atoms with Crippen molar-refractivity contribution in [3.8, 4) is 0 Å². The van der Waals surface area contributed by atoms with Gasteiger partial charge in [0, 0.05) is 12.0 Å². The summed E-state index contributed by atoms with van der Waals surface area (Å²) in [5, 5.41) is 6.70. The van der Waals surface area contributed by atoms with E-state index in [1.165, 1.54) is 54.6 Å². The second-order valence-corrected chi connectivity index (χ2v) is 8.47. The molecule has 178 valence electrons. The fourth-order valence-corrected chi connectivity index (χ4v) is 4.13. The highest BCUT2D eigenvalue weighted by molar-refractivity contribution is 6.06. The van der Waals surface area contributed by atoms with Crippen molar-refractivity contribution < 1.29 is 18.0 Å². The largest absolute Gasteiger partial charge is 0.289 e. The van der Waals surface area contributed by atoms with E-state index in [1.807, 2.05) is 29.3 Å². The molecule has 0 amide bonds. The quantitative estimate of drug-likeness (QED) is 0.213. The van der Waals surface area contributed by atoms with Gasteiger partial charge in [0.05, 0.1) is 17.4 Å². The van der Waals surface area contributed by atoms with Crippen molar-refractivity contribution in [3.05, 3.63) is 143 Å². The van der Waals surface area contributed by atoms with Crippen LogP contribution in [0.1, 0.15) is 39.5 Å². The molecule has 4 aromatic carbocycles. The minimum atomic E-state index is -0.391. The number of benzene rings is 4. The molecule has 36 heavy (non-hydrogen) atoms. The van der Waals surface area contributed by atoms with Crippen LogP contribution in [0.15, 0.2) is 108 Å². The first-order chi connectivity index (χ1) is 17.5. The van der Waals surface area contributed by atoms with Crippen molar-refractivity contribution in [2.45, 2.75) is 12.5 Å². The summed E-state index contributed by atoms with van der Waals surface area (Å²) < 4.78 is 40.1. The van der Waals surface area contributed by atoms with Gasteiger partial charge in [-0.1, -0.05) is 42.5 Å². The van der Waals surface area contributed by atoms with Crippen LogP contribution in [0.4, 0.5) is 18.9 Å². The molecule has 1 aliphatic heterocycles. The van der Waals surface area contributed by atoms with Gasteiger partial charge < -0.3 is 0 Å². The Morgan fingerprint density at radius 1 is 0.750 bits per heavy atom. The van der Waals surface area contributed by atoms with Crippen LogP contribution in [0.25, 0.3) is 6.08 Å². The molecule has 6 heteroatoms. The molecule has 0 fully saturated rings. The molecule has 1 atom stereocenters. The Balaban J connectivity index is 1.40. The number of anilines is 1. The number of hydrogen-bond acceptors (Lipinski definition) is 3. The number of ketones is 1. The second-order valence-electron chi connectivity index (χ2n) is 8.47. The Morgan fingerprint density at radius 2 is 1.31 bits per heavy atom. The molecular weight excluding hydrogens is 461 g/mol. The van der Waals surface area contributed by atoms with Crippen molar-refractivity contribution in [1.29, 1.82) is 0 Å². The predicted octanol–water partition coefficient (Wildman–Crippen LogP) is 7.36. The van der Waals surface area contributed by atoms with Gasteiger partial charge in [0.1, 0.15) is 17.5 Å². The molecule has 1 aliphatic rings. The van der Waals surface area contributed by atoms with Gasteiger partial charge in [-0.2, -0.15) is 5.10 Å². The molecule has 0 N–H and O–H groups in total. The van der Waals surface area contributed by atoms with Gasteiger partial charge in [-0.15, -0.1) is 0 Å². The number of hydrazone groups is 1. The summed E-state index contributed by atoms with van der Waals surface area (Å²) in [6, 6.07) is 25.3. The lowest BCUT2D eigenvalue weighted by Gasteiger charge is -2.24. The summed E-state index contributed by atoms with van der Waals surface area (Å²) in [6.45, 7) is 0. The van der Waals surface area contributed by atoms with E-state index in [4.69, 9.17) is 5.10 Å². The van der Waals surface area contributed by atoms with Gasteiger partial charge in [-0.25, -0.2) is 13.2 Å². The van der Waals surface area contributed by atoms with Gasteiger partial charge in [0.25, 0.3) is 0 Å². The van der Waals surface area contributed by atoms with Crippen LogP contribution in [-0.2, 0) is 0 Å². The highest BCUT2D eigenvalue weighted by atomic mass is 19.1. The Hall–Kier alpha value is -4.45. The number of nitrogens with zero attached hydrogens (tertiary/aromatic N) is 2. The Labute approximate surface area is 206 Å². The third kappa shape index (κ3) is 5.13. The van der Waals surface area contributed by atoms with Gasteiger partial charge >= 0.3 is 0 Å². The zero-order chi connectivity index (χ0) is 25.1. The first-order valence-corrected chi connectivity index (χ1v) is 11.4. The van der Waals surface area contributed by atoms with Crippen LogP contribution in [0.3, 0.4) is 0 Å². The second kappa shape index (κ2) is 10.0. The van der Waals surface area contributed by atoms with Gasteiger partial charge in [0.2, 0.25) is 0 Å². The molecule has 1 heterocycles. The number of carbonyl (C=O) groups is 1. The van der Waals surface area contributed by atoms with Gasteiger partial charge in [-0.3, -0.25) is 9.80 Å². The van der Waals surface area contributed by atoms with E-state index in [0.717, 1.165) is 28.1 Å². The monoisotopic (exact) mass is 482 g/mol. The maximum absolute atomic E-state index is 13.5. The van der Waals surface area contributed by atoms with E-state index in [-0.39, 0.29) is 23.5 Å². The number of hydrogen-bond donors (Lipinski definition) is 0. The first kappa shape index (κ1) is 23.3. The average Bonchev–Trinajstić information content (AvgIpc) is 3.34. The molecule has 3 nitrogen and oxygen atoms in total. The lowest BCUT2D eigenvalue weighted by Crippen LogP contribution is -2.18. The van der Waals surface area contributed by atoms with E-state index < -0.39 is 5.82 Å². The third-order valence-electron chi connectivity index (χ3n) is 6.06. The third-order valence-corrected chi connectivity index (χ3v) is 6.06. The summed E-state index contributed by atoms with van der Waals surface area (Å²) in [7, 11) is 0. The van der Waals surface area contributed by atoms with Crippen molar-refractivity contribution in [3.63, 3.8) is 0 Å². The maximum Gasteiger partial charge on any atom is 0.185 e. The fourth-order valence-electron chi connectivity index (χ4n) is 4.13. The van der Waals surface area contributed by atoms with E-state index in [0.29, 0.717) is 12.0 Å². The molecule has 0 radical (unpaired) electrons. The lowest BCUT2D eigenvalue weighted by atomic mass is 9.98. The van der Waals surface area contributed by atoms with Crippen LogP contribution in [0, 0.1) is 17.5 Å². The summed E-state index contributed by atoms with van der Waals surface area (Å²) >= 11 is 0. The van der Waals surface area contributed by atoms with Crippen LogP contribution in [-0.4, -0.2) is 11.5 Å². The van der Waals surface area contributed by atoms with Crippen molar-refractivity contribution in [1.82, 2.24) is 0 Å². The normalized spacial score (nSPS) is 15.4. The van der Waals surface area contributed by atoms with Crippen molar-refractivity contribution in [2.75, 3.05) is 5.01 Å². The zero-order valence-corrected chi connectivity index (χ0v) is 19.1. The molecule has 0 saturated carbocycles. The number of allylic oxidation sites excluding steroid dienone is 1. The molecule has 5 rings (SSSR count). The molecule has 0 spiro atoms. The predicted molar refractivity (Wildman–Crippen MR) is 135 cm³/mol. The summed E-state index contributed by atoms with van der Waals surface area (Å²) in [5.74, 6) is -1.24. The van der Waals surface area contributed by atoms with E-state index in [9.17, 15) is 18.0 Å². The summed E-state index contributed by atoms with van der Waals surface area (Å²) in [6.07, 6.45) is 3.72. The molecule has 0 aromatic heterocycles. The number of carbonyl (C=O) groups excluding carboxylic acids is 1. The minimum Gasteiger partial charge on any atom is -0.289 e. The summed E-state index contributed by atoms with van der Waals surface area (Å²) in [4.78, 5) is 12.3. The van der Waals surface area contributed by atoms with Crippen LogP contribution in [0.2, 0.25) is 0 Å².